The van der Waals surface area contributed by atoms with Crippen molar-refractivity contribution in [3.8, 4) is 11.5 Å². The fourth-order valence-electron chi connectivity index (χ4n) is 4.14. The predicted molar refractivity (Wildman–Crippen MR) is 134 cm³/mol. The lowest BCUT2D eigenvalue weighted by Gasteiger charge is -2.27. The fourth-order valence-corrected chi connectivity index (χ4v) is 4.68. The molecule has 1 fully saturated rings. The van der Waals surface area contributed by atoms with Crippen LogP contribution in [0.1, 0.15) is 29.7 Å². The minimum Gasteiger partial charge on any atom is -0.507 e. The number of halogens is 1. The number of Topliss-reactive ketones (excluding diaryl/α,β-unsaturated/α-hetero) is 1. The van der Waals surface area contributed by atoms with Crippen LogP contribution in [-0.4, -0.2) is 30.5 Å². The van der Waals surface area contributed by atoms with Crippen molar-refractivity contribution in [3.63, 3.8) is 0 Å². The topological polar surface area (TPSA) is 76.1 Å². The molecule has 0 bridgehead atoms. The second kappa shape index (κ2) is 9.73. The number of aryl methyl sites for hydroxylation is 1. The van der Waals surface area contributed by atoms with Crippen LogP contribution in [-0.2, 0) is 9.59 Å². The highest BCUT2D eigenvalue weighted by molar-refractivity contribution is 9.10. The van der Waals surface area contributed by atoms with Gasteiger partial charge >= 0.3 is 0 Å². The number of anilines is 1. The van der Waals surface area contributed by atoms with Crippen molar-refractivity contribution < 1.29 is 24.2 Å². The number of hydrogen-bond acceptors (Lipinski definition) is 5. The van der Waals surface area contributed by atoms with Crippen molar-refractivity contribution >= 4 is 39.1 Å². The van der Waals surface area contributed by atoms with Crippen molar-refractivity contribution in [2.45, 2.75) is 19.9 Å². The summed E-state index contributed by atoms with van der Waals surface area (Å²) < 4.78 is 11.5. The maximum Gasteiger partial charge on any atom is 0.300 e. The Morgan fingerprint density at radius 2 is 1.82 bits per heavy atom. The van der Waals surface area contributed by atoms with Crippen molar-refractivity contribution in [2.24, 2.45) is 0 Å². The van der Waals surface area contributed by atoms with Crippen LogP contribution < -0.4 is 14.4 Å². The van der Waals surface area contributed by atoms with E-state index in [1.165, 1.54) is 4.90 Å². The van der Waals surface area contributed by atoms with Crippen LogP contribution in [0.5, 0.6) is 11.5 Å². The van der Waals surface area contributed by atoms with Crippen LogP contribution in [0.25, 0.3) is 5.76 Å². The molecule has 6 nitrogen and oxygen atoms in total. The molecule has 0 spiro atoms. The molecular formula is C27H24BrNO5. The standard InChI is InChI=1S/C27H24BrNO5/c1-4-34-19-10-7-9-17(14-19)24-23(25(30)18-12-13-22(33-3)20(28)15-18)26(31)27(32)29(24)21-11-6-5-8-16(21)2/h5-15,24,30H,4H2,1-3H3/b25-23+. The van der Waals surface area contributed by atoms with Crippen LogP contribution in [0.3, 0.4) is 0 Å². The summed E-state index contributed by atoms with van der Waals surface area (Å²) in [5.74, 6) is -0.514. The Morgan fingerprint density at radius 1 is 1.06 bits per heavy atom. The maximum atomic E-state index is 13.3. The Hall–Kier alpha value is -3.58. The number of nitrogens with zero attached hydrogens (tertiary/aromatic N) is 1. The van der Waals surface area contributed by atoms with E-state index in [2.05, 4.69) is 15.9 Å². The number of carbonyl (C=O) groups excluding carboxylic acids is 2. The van der Waals surface area contributed by atoms with E-state index in [0.29, 0.717) is 39.4 Å². The van der Waals surface area contributed by atoms with Gasteiger partial charge in [-0.15, -0.1) is 0 Å². The molecule has 1 saturated heterocycles. The summed E-state index contributed by atoms with van der Waals surface area (Å²) >= 11 is 3.42. The normalized spacial score (nSPS) is 17.2. The SMILES string of the molecule is CCOc1cccc(C2/C(=C(\O)c3ccc(OC)c(Br)c3)C(=O)C(=O)N2c2ccccc2C)c1. The molecule has 4 rings (SSSR count). The third kappa shape index (κ3) is 4.19. The quantitative estimate of drug-likeness (QED) is 0.252. The van der Waals surface area contributed by atoms with Crippen molar-refractivity contribution in [1.29, 1.82) is 0 Å². The van der Waals surface area contributed by atoms with Crippen LogP contribution in [0.15, 0.2) is 76.8 Å². The Balaban J connectivity index is 1.96. The van der Waals surface area contributed by atoms with E-state index in [1.807, 2.05) is 50.2 Å². The number of aliphatic hydroxyl groups excluding tert-OH is 1. The zero-order valence-corrected chi connectivity index (χ0v) is 20.6. The molecular weight excluding hydrogens is 498 g/mol. The molecule has 174 valence electrons. The summed E-state index contributed by atoms with van der Waals surface area (Å²) in [6.07, 6.45) is 0. The summed E-state index contributed by atoms with van der Waals surface area (Å²) in [7, 11) is 1.54. The number of carbonyl (C=O) groups is 2. The molecule has 0 aromatic heterocycles. The number of para-hydroxylation sites is 1. The first-order chi connectivity index (χ1) is 16.4. The van der Waals surface area contributed by atoms with Crippen LogP contribution in [0.4, 0.5) is 5.69 Å². The van der Waals surface area contributed by atoms with E-state index in [4.69, 9.17) is 9.47 Å². The van der Waals surface area contributed by atoms with Crippen LogP contribution in [0.2, 0.25) is 0 Å². The molecule has 1 aliphatic rings. The highest BCUT2D eigenvalue weighted by atomic mass is 79.9. The molecule has 1 N–H and O–H groups in total. The number of ether oxygens (including phenoxy) is 2. The molecule has 3 aromatic rings. The molecule has 0 saturated carbocycles. The Bertz CT molecular complexity index is 1300. The highest BCUT2D eigenvalue weighted by Gasteiger charge is 2.47. The van der Waals surface area contributed by atoms with Gasteiger partial charge in [-0.2, -0.15) is 0 Å². The lowest BCUT2D eigenvalue weighted by Crippen LogP contribution is -2.30. The van der Waals surface area contributed by atoms with Gasteiger partial charge in [-0.1, -0.05) is 30.3 Å². The van der Waals surface area contributed by atoms with Gasteiger partial charge in [0.05, 0.1) is 29.8 Å². The lowest BCUT2D eigenvalue weighted by molar-refractivity contribution is -0.132. The zero-order chi connectivity index (χ0) is 24.4. The summed E-state index contributed by atoms with van der Waals surface area (Å²) in [4.78, 5) is 28.1. The van der Waals surface area contributed by atoms with E-state index < -0.39 is 17.7 Å². The van der Waals surface area contributed by atoms with Gasteiger partial charge in [0.15, 0.2) is 0 Å². The number of aliphatic hydroxyl groups is 1. The molecule has 7 heteroatoms. The van der Waals surface area contributed by atoms with Gasteiger partial charge in [0.25, 0.3) is 11.7 Å². The Kier molecular flexibility index (Phi) is 6.75. The molecule has 1 aliphatic heterocycles. The Labute approximate surface area is 206 Å². The first kappa shape index (κ1) is 23.6. The summed E-state index contributed by atoms with van der Waals surface area (Å²) in [6.45, 7) is 4.23. The predicted octanol–water partition coefficient (Wildman–Crippen LogP) is 5.79. The summed E-state index contributed by atoms with van der Waals surface area (Å²) in [5.41, 5.74) is 2.50. The molecule has 3 aromatic carbocycles. The number of methoxy groups -OCH3 is 1. The van der Waals surface area contributed by atoms with E-state index in [9.17, 15) is 14.7 Å². The molecule has 34 heavy (non-hydrogen) atoms. The number of benzene rings is 3. The maximum absolute atomic E-state index is 13.3. The van der Waals surface area contributed by atoms with Gasteiger partial charge in [0, 0.05) is 11.3 Å². The van der Waals surface area contributed by atoms with Gasteiger partial charge in [0.1, 0.15) is 17.3 Å². The third-order valence-corrected chi connectivity index (χ3v) is 6.35. The number of amides is 1. The number of rotatable bonds is 6. The number of ketones is 1. The monoisotopic (exact) mass is 521 g/mol. The first-order valence-electron chi connectivity index (χ1n) is 10.8. The second-order valence-corrected chi connectivity index (χ2v) is 8.66. The zero-order valence-electron chi connectivity index (χ0n) is 19.0. The smallest absolute Gasteiger partial charge is 0.300 e. The molecule has 1 atom stereocenters. The highest BCUT2D eigenvalue weighted by Crippen LogP contribution is 2.44. The van der Waals surface area contributed by atoms with E-state index in [0.717, 1.165) is 5.56 Å². The van der Waals surface area contributed by atoms with Gasteiger partial charge in [-0.25, -0.2) is 0 Å². The van der Waals surface area contributed by atoms with Crippen LogP contribution in [0, 0.1) is 6.92 Å². The van der Waals surface area contributed by atoms with Crippen molar-refractivity contribution in [1.82, 2.24) is 0 Å². The summed E-state index contributed by atoms with van der Waals surface area (Å²) in [5, 5.41) is 11.3. The van der Waals surface area contributed by atoms with Crippen LogP contribution >= 0.6 is 15.9 Å². The molecule has 1 heterocycles. The van der Waals surface area contributed by atoms with E-state index in [1.54, 1.807) is 37.4 Å². The largest absolute Gasteiger partial charge is 0.507 e. The third-order valence-electron chi connectivity index (χ3n) is 5.73. The van der Waals surface area contributed by atoms with Gasteiger partial charge in [0.2, 0.25) is 0 Å². The minimum atomic E-state index is -0.831. The summed E-state index contributed by atoms with van der Waals surface area (Å²) in [6, 6.07) is 18.7. The van der Waals surface area contributed by atoms with Gasteiger partial charge in [-0.3, -0.25) is 14.5 Å². The molecule has 0 aliphatic carbocycles. The number of hydrogen-bond donors (Lipinski definition) is 1. The van der Waals surface area contributed by atoms with Gasteiger partial charge < -0.3 is 14.6 Å². The fraction of sp³-hybridized carbons (Fsp3) is 0.185. The first-order valence-corrected chi connectivity index (χ1v) is 11.6. The average molecular weight is 522 g/mol. The molecule has 1 unspecified atom stereocenters. The van der Waals surface area contributed by atoms with E-state index in [-0.39, 0.29) is 11.3 Å². The average Bonchev–Trinajstić information content (AvgIpc) is 3.09. The van der Waals surface area contributed by atoms with Crippen molar-refractivity contribution in [2.75, 3.05) is 18.6 Å². The van der Waals surface area contributed by atoms with E-state index >= 15 is 0 Å². The lowest BCUT2D eigenvalue weighted by atomic mass is 9.94. The Morgan fingerprint density at radius 3 is 2.50 bits per heavy atom. The second-order valence-electron chi connectivity index (χ2n) is 7.81. The van der Waals surface area contributed by atoms with Gasteiger partial charge in [-0.05, 0) is 77.3 Å². The van der Waals surface area contributed by atoms with Crippen molar-refractivity contribution in [3.05, 3.63) is 93.5 Å². The molecule has 0 radical (unpaired) electrons. The molecule has 1 amide bonds. The minimum absolute atomic E-state index is 0.0129.